The molecule has 0 fully saturated rings. The zero-order valence-electron chi connectivity index (χ0n) is 35.8. The van der Waals surface area contributed by atoms with Crippen LogP contribution in [-0.2, 0) is 23.7 Å². The van der Waals surface area contributed by atoms with Gasteiger partial charge in [0.25, 0.3) is 5.91 Å². The minimum absolute atomic E-state index is 0.111. The topological polar surface area (TPSA) is 92.0 Å². The van der Waals surface area contributed by atoms with Crippen LogP contribution in [0.4, 0.5) is 0 Å². The van der Waals surface area contributed by atoms with Crippen molar-refractivity contribution in [3.63, 3.8) is 0 Å². The molecule has 7 nitrogen and oxygen atoms in total. The number of unbranched alkanes of at least 4 members (excludes halogenated alkanes) is 13. The van der Waals surface area contributed by atoms with E-state index in [1.54, 1.807) is 0 Å². The maximum atomic E-state index is 13.0. The second kappa shape index (κ2) is 39.9. The molecule has 0 aromatic heterocycles. The van der Waals surface area contributed by atoms with Crippen LogP contribution in [0.1, 0.15) is 196 Å². The Labute approximate surface area is 324 Å². The van der Waals surface area contributed by atoms with Crippen LogP contribution in [0.25, 0.3) is 0 Å². The smallest absolute Gasteiger partial charge is 0.251 e. The van der Waals surface area contributed by atoms with Crippen molar-refractivity contribution in [3.05, 3.63) is 0 Å². The van der Waals surface area contributed by atoms with Gasteiger partial charge in [-0.2, -0.15) is 0 Å². The molecule has 312 valence electrons. The van der Waals surface area contributed by atoms with Gasteiger partial charge in [0.05, 0.1) is 33.0 Å². The zero-order chi connectivity index (χ0) is 38.3. The van der Waals surface area contributed by atoms with Crippen molar-refractivity contribution in [2.45, 2.75) is 202 Å². The van der Waals surface area contributed by atoms with Gasteiger partial charge in [-0.25, -0.2) is 0 Å². The van der Waals surface area contributed by atoms with Crippen molar-refractivity contribution in [2.24, 2.45) is 29.4 Å². The van der Waals surface area contributed by atoms with Gasteiger partial charge in [0.2, 0.25) is 0 Å². The minimum atomic E-state index is -0.584. The van der Waals surface area contributed by atoms with Crippen LogP contribution in [0.2, 0.25) is 0 Å². The SMILES string of the molecule is CCCCCCCCCCCCCCCCOCC(OCCC(C)CCCC(C)CCCC(C)CCCC(C)C)C(=O)NCCOCCOCCN. The minimum Gasteiger partial charge on any atom is -0.378 e. The van der Waals surface area contributed by atoms with Crippen LogP contribution >= 0.6 is 0 Å². The van der Waals surface area contributed by atoms with Crippen molar-refractivity contribution >= 4 is 5.91 Å². The maximum Gasteiger partial charge on any atom is 0.251 e. The molecule has 0 spiro atoms. The number of hydrogen-bond donors (Lipinski definition) is 2. The van der Waals surface area contributed by atoms with Crippen LogP contribution in [0.15, 0.2) is 0 Å². The summed E-state index contributed by atoms with van der Waals surface area (Å²) in [5.74, 6) is 2.98. The Balaban J connectivity index is 4.24. The molecule has 0 aromatic rings. The predicted octanol–water partition coefficient (Wildman–Crippen LogP) is 11.4. The lowest BCUT2D eigenvalue weighted by Crippen LogP contribution is -2.41. The normalized spacial score (nSPS) is 14.2. The molecule has 0 aromatic carbocycles. The second-order valence-electron chi connectivity index (χ2n) is 16.6. The summed E-state index contributed by atoms with van der Waals surface area (Å²) in [5.41, 5.74) is 5.44. The Kier molecular flexibility index (Phi) is 39.4. The van der Waals surface area contributed by atoms with E-state index in [2.05, 4.69) is 46.9 Å². The molecule has 0 saturated heterocycles. The summed E-state index contributed by atoms with van der Waals surface area (Å²) in [6, 6.07) is 0. The number of rotatable bonds is 42. The van der Waals surface area contributed by atoms with Crippen LogP contribution in [0.3, 0.4) is 0 Å². The Morgan fingerprint density at radius 1 is 0.500 bits per heavy atom. The highest BCUT2D eigenvalue weighted by molar-refractivity contribution is 5.80. The predicted molar refractivity (Wildman–Crippen MR) is 223 cm³/mol. The van der Waals surface area contributed by atoms with Gasteiger partial charge in [0.15, 0.2) is 6.10 Å². The van der Waals surface area contributed by atoms with Gasteiger partial charge in [0.1, 0.15) is 0 Å². The first-order valence-electron chi connectivity index (χ1n) is 22.6. The molecule has 7 heteroatoms. The Morgan fingerprint density at radius 2 is 0.962 bits per heavy atom. The summed E-state index contributed by atoms with van der Waals surface area (Å²) in [6.07, 6.45) is 31.2. The van der Waals surface area contributed by atoms with E-state index in [0.717, 1.165) is 30.6 Å². The highest BCUT2D eigenvalue weighted by Gasteiger charge is 2.20. The van der Waals surface area contributed by atoms with E-state index in [1.807, 2.05) is 0 Å². The molecule has 3 N–H and O–H groups in total. The molecular weight excluding hydrogens is 649 g/mol. The van der Waals surface area contributed by atoms with Crippen LogP contribution in [0, 0.1) is 23.7 Å². The summed E-state index contributed by atoms with van der Waals surface area (Å²) < 4.78 is 23.0. The summed E-state index contributed by atoms with van der Waals surface area (Å²) in [6.45, 7) is 18.6. The van der Waals surface area contributed by atoms with Gasteiger partial charge < -0.3 is 30.0 Å². The largest absolute Gasteiger partial charge is 0.378 e. The fourth-order valence-electron chi connectivity index (χ4n) is 6.90. The molecule has 4 unspecified atom stereocenters. The fraction of sp³-hybridized carbons (Fsp3) is 0.978. The first-order chi connectivity index (χ1) is 25.3. The van der Waals surface area contributed by atoms with E-state index in [9.17, 15) is 4.79 Å². The summed E-state index contributed by atoms with van der Waals surface area (Å²) in [5, 5.41) is 2.98. The van der Waals surface area contributed by atoms with Gasteiger partial charge in [-0.05, 0) is 36.5 Å². The van der Waals surface area contributed by atoms with Crippen molar-refractivity contribution in [1.29, 1.82) is 0 Å². The molecule has 0 radical (unpaired) electrons. The van der Waals surface area contributed by atoms with Crippen LogP contribution in [0.5, 0.6) is 0 Å². The van der Waals surface area contributed by atoms with Crippen molar-refractivity contribution in [1.82, 2.24) is 5.32 Å². The first-order valence-corrected chi connectivity index (χ1v) is 22.6. The highest BCUT2D eigenvalue weighted by Crippen LogP contribution is 2.23. The quantitative estimate of drug-likeness (QED) is 0.0605. The van der Waals surface area contributed by atoms with E-state index in [-0.39, 0.29) is 5.91 Å². The fourth-order valence-corrected chi connectivity index (χ4v) is 6.90. The third kappa shape index (κ3) is 37.6. The van der Waals surface area contributed by atoms with E-state index < -0.39 is 6.10 Å². The maximum absolute atomic E-state index is 13.0. The number of nitrogens with one attached hydrogen (secondary N) is 1. The van der Waals surface area contributed by atoms with Gasteiger partial charge in [0, 0.05) is 26.3 Å². The van der Waals surface area contributed by atoms with Gasteiger partial charge in [-0.1, -0.05) is 183 Å². The van der Waals surface area contributed by atoms with Crippen molar-refractivity contribution < 1.29 is 23.7 Å². The monoisotopic (exact) mass is 741 g/mol. The van der Waals surface area contributed by atoms with E-state index in [1.165, 1.54) is 141 Å². The third-order valence-corrected chi connectivity index (χ3v) is 10.6. The van der Waals surface area contributed by atoms with E-state index >= 15 is 0 Å². The second-order valence-corrected chi connectivity index (χ2v) is 16.6. The average Bonchev–Trinajstić information content (AvgIpc) is 3.11. The molecule has 0 saturated carbocycles. The number of carbonyl (C=O) groups is 1. The van der Waals surface area contributed by atoms with Crippen LogP contribution in [-0.4, -0.2) is 71.3 Å². The summed E-state index contributed by atoms with van der Waals surface area (Å²) in [7, 11) is 0. The molecule has 0 aliphatic heterocycles. The number of nitrogens with two attached hydrogens (primary N) is 1. The zero-order valence-corrected chi connectivity index (χ0v) is 35.8. The lowest BCUT2D eigenvalue weighted by atomic mass is 9.91. The third-order valence-electron chi connectivity index (χ3n) is 10.6. The number of amides is 1. The van der Waals surface area contributed by atoms with Gasteiger partial charge in [-0.15, -0.1) is 0 Å². The molecule has 0 bridgehead atoms. The average molecular weight is 741 g/mol. The van der Waals surface area contributed by atoms with E-state index in [4.69, 9.17) is 24.7 Å². The first kappa shape index (κ1) is 51.3. The molecule has 0 aliphatic rings. The summed E-state index contributed by atoms with van der Waals surface area (Å²) in [4.78, 5) is 13.0. The standard InChI is InChI=1S/C45H92N2O5/c1-7-8-9-10-11-12-13-14-15-16-17-18-19-20-33-51-39-44(45(48)47-32-36-50-38-37-49-35-31-46)52-34-30-43(6)29-23-28-42(5)27-22-26-41(4)25-21-24-40(2)3/h40-44H,7-39,46H2,1-6H3,(H,47,48). The molecule has 1 amide bonds. The van der Waals surface area contributed by atoms with Crippen molar-refractivity contribution in [3.8, 4) is 0 Å². The Hall–Kier alpha value is -0.730. The molecule has 52 heavy (non-hydrogen) atoms. The molecule has 0 rings (SSSR count). The number of hydrogen-bond acceptors (Lipinski definition) is 6. The van der Waals surface area contributed by atoms with Gasteiger partial charge >= 0.3 is 0 Å². The molecular formula is C45H92N2O5. The molecule has 0 heterocycles. The van der Waals surface area contributed by atoms with Crippen LogP contribution < -0.4 is 11.1 Å². The Bertz CT molecular complexity index is 724. The van der Waals surface area contributed by atoms with E-state index in [0.29, 0.717) is 65.3 Å². The lowest BCUT2D eigenvalue weighted by Gasteiger charge is -2.20. The molecule has 4 atom stereocenters. The van der Waals surface area contributed by atoms with Crippen molar-refractivity contribution in [2.75, 3.05) is 59.3 Å². The highest BCUT2D eigenvalue weighted by atomic mass is 16.5. The lowest BCUT2D eigenvalue weighted by molar-refractivity contribution is -0.137. The number of ether oxygens (including phenoxy) is 4. The Morgan fingerprint density at radius 3 is 1.46 bits per heavy atom. The molecule has 0 aliphatic carbocycles. The summed E-state index contributed by atoms with van der Waals surface area (Å²) >= 11 is 0. The van der Waals surface area contributed by atoms with Gasteiger partial charge in [-0.3, -0.25) is 4.79 Å². The number of carbonyl (C=O) groups excluding carboxylic acids is 1.